The molecule has 0 atom stereocenters. The van der Waals surface area contributed by atoms with Crippen molar-refractivity contribution in [1.82, 2.24) is 20.3 Å². The van der Waals surface area contributed by atoms with Crippen molar-refractivity contribution < 1.29 is 19.4 Å². The number of unbranched alkanes of at least 4 members (excludes halogenated alkanes) is 1. The Bertz CT molecular complexity index is 714. The lowest BCUT2D eigenvalue weighted by atomic mass is 10.2. The second kappa shape index (κ2) is 9.41. The van der Waals surface area contributed by atoms with Crippen LogP contribution in [-0.2, 0) is 22.7 Å². The molecule has 134 valence electrons. The Morgan fingerprint density at radius 2 is 2.16 bits per heavy atom. The average molecular weight is 346 g/mol. The minimum Gasteiger partial charge on any atom is -0.494 e. The number of carboxylic acid groups (broad SMARTS) is 1. The van der Waals surface area contributed by atoms with Crippen LogP contribution in [0.3, 0.4) is 0 Å². The summed E-state index contributed by atoms with van der Waals surface area (Å²) in [6.07, 6.45) is 3.42. The van der Waals surface area contributed by atoms with Crippen molar-refractivity contribution in [3.8, 4) is 5.75 Å². The molecule has 8 heteroatoms. The van der Waals surface area contributed by atoms with Gasteiger partial charge < -0.3 is 15.2 Å². The lowest BCUT2D eigenvalue weighted by molar-refractivity contribution is -0.138. The number of nitrogens with one attached hydrogen (secondary N) is 1. The monoisotopic (exact) mass is 346 g/mol. The molecular weight excluding hydrogens is 324 g/mol. The third-order valence-corrected chi connectivity index (χ3v) is 3.41. The van der Waals surface area contributed by atoms with E-state index in [9.17, 15) is 9.59 Å². The maximum Gasteiger partial charge on any atom is 0.325 e. The fourth-order valence-electron chi connectivity index (χ4n) is 2.20. The molecule has 8 nitrogen and oxygen atoms in total. The summed E-state index contributed by atoms with van der Waals surface area (Å²) < 4.78 is 6.85. The summed E-state index contributed by atoms with van der Waals surface area (Å²) in [6, 6.07) is 7.85. The van der Waals surface area contributed by atoms with Gasteiger partial charge in [0.25, 0.3) is 0 Å². The van der Waals surface area contributed by atoms with Crippen LogP contribution in [0.2, 0.25) is 0 Å². The predicted octanol–water partition coefficient (Wildman–Crippen LogP) is 1.54. The van der Waals surface area contributed by atoms with Crippen molar-refractivity contribution >= 4 is 11.9 Å². The Balaban J connectivity index is 1.58. The largest absolute Gasteiger partial charge is 0.494 e. The van der Waals surface area contributed by atoms with E-state index in [1.165, 1.54) is 10.9 Å². The molecule has 2 rings (SSSR count). The zero-order valence-electron chi connectivity index (χ0n) is 14.1. The van der Waals surface area contributed by atoms with Gasteiger partial charge in [-0.05, 0) is 37.5 Å². The molecule has 0 aliphatic heterocycles. The quantitative estimate of drug-likeness (QED) is 0.632. The number of benzene rings is 1. The Kier molecular flexibility index (Phi) is 6.94. The Morgan fingerprint density at radius 3 is 2.92 bits per heavy atom. The molecule has 1 aromatic carbocycles. The van der Waals surface area contributed by atoms with E-state index >= 15 is 0 Å². The van der Waals surface area contributed by atoms with Crippen molar-refractivity contribution in [2.45, 2.75) is 39.3 Å². The minimum atomic E-state index is -0.992. The number of ether oxygens (including phenoxy) is 1. The van der Waals surface area contributed by atoms with Crippen molar-refractivity contribution in [3.05, 3.63) is 41.7 Å². The third kappa shape index (κ3) is 7.03. The van der Waals surface area contributed by atoms with Crippen LogP contribution in [-0.4, -0.2) is 38.6 Å². The van der Waals surface area contributed by atoms with Gasteiger partial charge in [-0.3, -0.25) is 9.59 Å². The second-order valence-corrected chi connectivity index (χ2v) is 5.70. The predicted molar refractivity (Wildman–Crippen MR) is 90.0 cm³/mol. The van der Waals surface area contributed by atoms with Gasteiger partial charge >= 0.3 is 5.97 Å². The molecule has 0 saturated carbocycles. The van der Waals surface area contributed by atoms with Gasteiger partial charge in [0.2, 0.25) is 5.91 Å². The highest BCUT2D eigenvalue weighted by atomic mass is 16.5. The summed E-state index contributed by atoms with van der Waals surface area (Å²) in [6.45, 7) is 2.57. The van der Waals surface area contributed by atoms with Gasteiger partial charge in [0, 0.05) is 6.42 Å². The summed E-state index contributed by atoms with van der Waals surface area (Å²) in [7, 11) is 0. The first kappa shape index (κ1) is 18.4. The van der Waals surface area contributed by atoms with Crippen LogP contribution in [0.25, 0.3) is 0 Å². The number of rotatable bonds is 10. The number of carbonyl (C=O) groups is 2. The smallest absolute Gasteiger partial charge is 0.325 e. The highest BCUT2D eigenvalue weighted by Gasteiger charge is 2.06. The Labute approximate surface area is 145 Å². The molecule has 2 N–H and O–H groups in total. The van der Waals surface area contributed by atoms with E-state index in [2.05, 4.69) is 15.6 Å². The van der Waals surface area contributed by atoms with E-state index < -0.39 is 5.97 Å². The lowest BCUT2D eigenvalue weighted by Crippen LogP contribution is -2.22. The molecule has 0 aliphatic carbocycles. The number of amides is 1. The molecule has 1 heterocycles. The molecule has 0 aliphatic rings. The van der Waals surface area contributed by atoms with Crippen LogP contribution in [0.5, 0.6) is 5.75 Å². The fraction of sp³-hybridized carbons (Fsp3) is 0.412. The van der Waals surface area contributed by atoms with Gasteiger partial charge in [0.05, 0.1) is 19.3 Å². The van der Waals surface area contributed by atoms with Gasteiger partial charge in [-0.25, -0.2) is 4.68 Å². The molecule has 0 spiro atoms. The third-order valence-electron chi connectivity index (χ3n) is 3.41. The van der Waals surface area contributed by atoms with Crippen molar-refractivity contribution in [3.63, 3.8) is 0 Å². The summed E-state index contributed by atoms with van der Waals surface area (Å²) in [5.74, 6) is -0.231. The van der Waals surface area contributed by atoms with Gasteiger partial charge in [-0.2, -0.15) is 0 Å². The van der Waals surface area contributed by atoms with Crippen molar-refractivity contribution in [2.75, 3.05) is 6.61 Å². The van der Waals surface area contributed by atoms with Crippen LogP contribution in [0.15, 0.2) is 30.5 Å². The number of nitrogens with zero attached hydrogens (tertiary/aromatic N) is 3. The highest BCUT2D eigenvalue weighted by Crippen LogP contribution is 2.12. The Morgan fingerprint density at radius 1 is 1.32 bits per heavy atom. The molecule has 2 aromatic rings. The molecule has 0 radical (unpaired) electrons. The first-order valence-corrected chi connectivity index (χ1v) is 8.10. The fourth-order valence-corrected chi connectivity index (χ4v) is 2.20. The molecule has 1 amide bonds. The molecule has 0 saturated heterocycles. The number of hydrogen-bond acceptors (Lipinski definition) is 5. The van der Waals surface area contributed by atoms with Gasteiger partial charge in [0.15, 0.2) is 0 Å². The van der Waals surface area contributed by atoms with Crippen LogP contribution in [0.4, 0.5) is 0 Å². The maximum absolute atomic E-state index is 11.8. The van der Waals surface area contributed by atoms with E-state index in [1.54, 1.807) is 0 Å². The normalized spacial score (nSPS) is 10.4. The molecule has 1 aromatic heterocycles. The van der Waals surface area contributed by atoms with Gasteiger partial charge in [-0.1, -0.05) is 17.3 Å². The summed E-state index contributed by atoms with van der Waals surface area (Å²) in [5, 5.41) is 18.9. The number of carbonyl (C=O) groups excluding carboxylic acids is 1. The number of aromatic nitrogens is 3. The van der Waals surface area contributed by atoms with E-state index in [0.29, 0.717) is 18.7 Å². The standard InChI is InChI=1S/C17H22N4O4/c1-13-5-4-6-15(9-13)25-8-3-2-7-16(22)18-10-14-11-21(20-19-14)12-17(23)24/h4-6,9,11H,2-3,7-8,10,12H2,1H3,(H,18,22)(H,23,24). The first-order valence-electron chi connectivity index (χ1n) is 8.10. The zero-order chi connectivity index (χ0) is 18.1. The zero-order valence-corrected chi connectivity index (χ0v) is 14.1. The van der Waals surface area contributed by atoms with Crippen molar-refractivity contribution in [1.29, 1.82) is 0 Å². The molecule has 25 heavy (non-hydrogen) atoms. The summed E-state index contributed by atoms with van der Waals surface area (Å²) in [5.41, 5.74) is 1.68. The van der Waals surface area contributed by atoms with E-state index in [1.807, 2.05) is 31.2 Å². The van der Waals surface area contributed by atoms with Gasteiger partial charge in [-0.15, -0.1) is 5.10 Å². The number of aryl methyl sites for hydroxylation is 1. The van der Waals surface area contributed by atoms with E-state index in [4.69, 9.17) is 9.84 Å². The van der Waals surface area contributed by atoms with Gasteiger partial charge in [0.1, 0.15) is 18.0 Å². The van der Waals surface area contributed by atoms with E-state index in [-0.39, 0.29) is 19.0 Å². The molecule has 0 unspecified atom stereocenters. The van der Waals surface area contributed by atoms with E-state index in [0.717, 1.165) is 24.2 Å². The SMILES string of the molecule is Cc1cccc(OCCCCC(=O)NCc2cn(CC(=O)O)nn2)c1. The topological polar surface area (TPSA) is 106 Å². The van der Waals surface area contributed by atoms with Crippen LogP contribution < -0.4 is 10.1 Å². The van der Waals surface area contributed by atoms with Crippen LogP contribution in [0, 0.1) is 6.92 Å². The minimum absolute atomic E-state index is 0.0802. The maximum atomic E-state index is 11.8. The Hall–Kier alpha value is -2.90. The highest BCUT2D eigenvalue weighted by molar-refractivity contribution is 5.75. The summed E-state index contributed by atoms with van der Waals surface area (Å²) in [4.78, 5) is 22.3. The second-order valence-electron chi connectivity index (χ2n) is 5.70. The average Bonchev–Trinajstić information content (AvgIpc) is 2.99. The van der Waals surface area contributed by atoms with Crippen molar-refractivity contribution in [2.24, 2.45) is 0 Å². The molecule has 0 fully saturated rings. The number of carboxylic acids is 1. The molecular formula is C17H22N4O4. The number of hydrogen-bond donors (Lipinski definition) is 2. The van der Waals surface area contributed by atoms with Crippen LogP contribution in [0.1, 0.15) is 30.5 Å². The number of aliphatic carboxylic acids is 1. The first-order chi connectivity index (χ1) is 12.0. The lowest BCUT2D eigenvalue weighted by Gasteiger charge is -2.07. The van der Waals surface area contributed by atoms with Crippen LogP contribution >= 0.6 is 0 Å². The summed E-state index contributed by atoms with van der Waals surface area (Å²) >= 11 is 0. The molecule has 0 bridgehead atoms.